The van der Waals surface area contributed by atoms with Gasteiger partial charge >= 0.3 is 0 Å². The lowest BCUT2D eigenvalue weighted by Gasteiger charge is -2.27. The van der Waals surface area contributed by atoms with Crippen molar-refractivity contribution < 1.29 is 0 Å². The molecule has 0 aliphatic heterocycles. The van der Waals surface area contributed by atoms with E-state index >= 15 is 0 Å². The largest absolute Gasteiger partial charge is 0.310 e. The smallest absolute Gasteiger partial charge is 0.0547 e. The number of aromatic nitrogens is 1. The molecule has 48 heavy (non-hydrogen) atoms. The minimum Gasteiger partial charge on any atom is -0.310 e. The first-order chi connectivity index (χ1) is 23.8. The Morgan fingerprint density at radius 3 is 1.65 bits per heavy atom. The van der Waals surface area contributed by atoms with Crippen molar-refractivity contribution in [1.29, 1.82) is 0 Å². The van der Waals surface area contributed by atoms with Gasteiger partial charge in [-0.3, -0.25) is 0 Å². The maximum Gasteiger partial charge on any atom is 0.0547 e. The summed E-state index contributed by atoms with van der Waals surface area (Å²) in [5.41, 5.74) is 11.8. The van der Waals surface area contributed by atoms with E-state index in [1.54, 1.807) is 0 Å². The predicted octanol–water partition coefficient (Wildman–Crippen LogP) is 12.7. The van der Waals surface area contributed by atoms with E-state index in [-0.39, 0.29) is 0 Å². The molecule has 9 rings (SSSR count). The van der Waals surface area contributed by atoms with Crippen LogP contribution < -0.4 is 4.90 Å². The minimum absolute atomic E-state index is 1.11. The number of anilines is 3. The second-order valence-electron chi connectivity index (χ2n) is 12.2. The third kappa shape index (κ3) is 4.83. The first-order valence-corrected chi connectivity index (χ1v) is 16.4. The van der Waals surface area contributed by atoms with Crippen molar-refractivity contribution in [2.75, 3.05) is 4.90 Å². The number of benzene rings is 8. The molecule has 8 aromatic carbocycles. The molecule has 2 nitrogen and oxygen atoms in total. The quantitative estimate of drug-likeness (QED) is 0.181. The molecule has 0 aliphatic carbocycles. The average Bonchev–Trinajstić information content (AvgIpc) is 3.48. The number of para-hydroxylation sites is 3. The van der Waals surface area contributed by atoms with Crippen LogP contribution in [0.2, 0.25) is 0 Å². The number of fused-ring (bicyclic) bond motifs is 4. The van der Waals surface area contributed by atoms with E-state index < -0.39 is 0 Å². The first-order valence-electron chi connectivity index (χ1n) is 16.4. The molecule has 0 amide bonds. The van der Waals surface area contributed by atoms with Gasteiger partial charge in [0.05, 0.1) is 11.0 Å². The number of hydrogen-bond donors (Lipinski definition) is 0. The summed E-state index contributed by atoms with van der Waals surface area (Å²) >= 11 is 0. The van der Waals surface area contributed by atoms with Gasteiger partial charge in [0, 0.05) is 33.5 Å². The van der Waals surface area contributed by atoms with E-state index in [1.165, 1.54) is 60.5 Å². The molecule has 0 fully saturated rings. The summed E-state index contributed by atoms with van der Waals surface area (Å²) < 4.78 is 2.38. The Hall–Kier alpha value is -6.38. The maximum atomic E-state index is 2.38. The van der Waals surface area contributed by atoms with E-state index in [0.29, 0.717) is 0 Å². The van der Waals surface area contributed by atoms with Crippen LogP contribution in [0.3, 0.4) is 0 Å². The molecule has 0 bridgehead atoms. The van der Waals surface area contributed by atoms with Crippen LogP contribution in [0.15, 0.2) is 194 Å². The zero-order valence-corrected chi connectivity index (χ0v) is 26.4. The SMILES string of the molecule is c1ccc(-c2ccc(N(c3ccccc3)c3ccc4cc5c(cc4c3)c3ccccc3n5-c3ccccc3)cc2-c2ccccc2)cc1. The highest BCUT2D eigenvalue weighted by molar-refractivity contribution is 6.14. The number of rotatable bonds is 6. The summed E-state index contributed by atoms with van der Waals surface area (Å²) in [6, 6.07) is 69.9. The van der Waals surface area contributed by atoms with Crippen molar-refractivity contribution >= 4 is 49.6 Å². The fourth-order valence-electron chi connectivity index (χ4n) is 7.12. The Labute approximate surface area is 280 Å². The van der Waals surface area contributed by atoms with Gasteiger partial charge in [0.2, 0.25) is 0 Å². The predicted molar refractivity (Wildman–Crippen MR) is 204 cm³/mol. The standard InChI is InChI=1S/C46H32N2/c1-5-15-33(16-6-1)41-28-27-40(32-43(41)34-17-7-2-8-18-34)47(37-19-9-3-10-20-37)39-26-25-35-31-46-44(30-36(35)29-39)42-23-13-14-24-45(42)48(46)38-21-11-4-12-22-38/h1-32H. The van der Waals surface area contributed by atoms with Crippen LogP contribution in [0.4, 0.5) is 17.1 Å². The van der Waals surface area contributed by atoms with E-state index in [4.69, 9.17) is 0 Å². The van der Waals surface area contributed by atoms with Gasteiger partial charge in [0.1, 0.15) is 0 Å². The molecule has 0 atom stereocenters. The minimum atomic E-state index is 1.11. The summed E-state index contributed by atoms with van der Waals surface area (Å²) in [5, 5.41) is 4.93. The van der Waals surface area contributed by atoms with Gasteiger partial charge in [-0.1, -0.05) is 127 Å². The van der Waals surface area contributed by atoms with Crippen LogP contribution in [0.1, 0.15) is 0 Å². The molecule has 0 saturated heterocycles. The van der Waals surface area contributed by atoms with Gasteiger partial charge in [0.25, 0.3) is 0 Å². The zero-order chi connectivity index (χ0) is 31.9. The molecule has 2 heteroatoms. The Balaban J connectivity index is 1.25. The number of hydrogen-bond acceptors (Lipinski definition) is 1. The normalized spacial score (nSPS) is 11.3. The van der Waals surface area contributed by atoms with Crippen molar-refractivity contribution in [1.82, 2.24) is 4.57 Å². The third-order valence-electron chi connectivity index (χ3n) is 9.33. The van der Waals surface area contributed by atoms with E-state index in [1.807, 2.05) is 0 Å². The summed E-state index contributed by atoms with van der Waals surface area (Å²) in [4.78, 5) is 2.37. The average molecular weight is 613 g/mol. The molecular weight excluding hydrogens is 581 g/mol. The molecule has 9 aromatic rings. The van der Waals surface area contributed by atoms with E-state index in [9.17, 15) is 0 Å². The second kappa shape index (κ2) is 11.8. The molecule has 0 N–H and O–H groups in total. The lowest BCUT2D eigenvalue weighted by Crippen LogP contribution is -2.10. The third-order valence-corrected chi connectivity index (χ3v) is 9.33. The van der Waals surface area contributed by atoms with Crippen molar-refractivity contribution in [2.24, 2.45) is 0 Å². The van der Waals surface area contributed by atoms with Crippen LogP contribution in [-0.2, 0) is 0 Å². The van der Waals surface area contributed by atoms with Gasteiger partial charge in [-0.05, 0) is 99.8 Å². The van der Waals surface area contributed by atoms with Crippen LogP contribution in [0.5, 0.6) is 0 Å². The summed E-state index contributed by atoms with van der Waals surface area (Å²) in [5.74, 6) is 0. The molecule has 0 saturated carbocycles. The van der Waals surface area contributed by atoms with E-state index in [2.05, 4.69) is 204 Å². The molecular formula is C46H32N2. The maximum absolute atomic E-state index is 2.38. The van der Waals surface area contributed by atoms with Crippen molar-refractivity contribution in [2.45, 2.75) is 0 Å². The Morgan fingerprint density at radius 2 is 0.917 bits per heavy atom. The monoisotopic (exact) mass is 612 g/mol. The Morgan fingerprint density at radius 1 is 0.333 bits per heavy atom. The molecule has 0 spiro atoms. The highest BCUT2D eigenvalue weighted by Gasteiger charge is 2.18. The van der Waals surface area contributed by atoms with Gasteiger partial charge in [-0.2, -0.15) is 0 Å². The Kier molecular flexibility index (Phi) is 6.84. The zero-order valence-electron chi connectivity index (χ0n) is 26.4. The van der Waals surface area contributed by atoms with Crippen LogP contribution in [0, 0.1) is 0 Å². The lowest BCUT2D eigenvalue weighted by molar-refractivity contribution is 1.18. The second-order valence-corrected chi connectivity index (χ2v) is 12.2. The van der Waals surface area contributed by atoms with Gasteiger partial charge in [-0.25, -0.2) is 0 Å². The van der Waals surface area contributed by atoms with Gasteiger partial charge in [-0.15, -0.1) is 0 Å². The topological polar surface area (TPSA) is 8.17 Å². The molecule has 1 aromatic heterocycles. The molecule has 0 unspecified atom stereocenters. The molecule has 1 heterocycles. The molecule has 0 radical (unpaired) electrons. The highest BCUT2D eigenvalue weighted by Crippen LogP contribution is 2.42. The fraction of sp³-hybridized carbons (Fsp3) is 0. The van der Waals surface area contributed by atoms with Crippen LogP contribution in [-0.4, -0.2) is 4.57 Å². The van der Waals surface area contributed by atoms with Gasteiger partial charge in [0.15, 0.2) is 0 Å². The fourth-order valence-corrected chi connectivity index (χ4v) is 7.12. The summed E-state index contributed by atoms with van der Waals surface area (Å²) in [6.45, 7) is 0. The van der Waals surface area contributed by atoms with Crippen LogP contribution >= 0.6 is 0 Å². The molecule has 226 valence electrons. The summed E-state index contributed by atoms with van der Waals surface area (Å²) in [6.07, 6.45) is 0. The van der Waals surface area contributed by atoms with Gasteiger partial charge < -0.3 is 9.47 Å². The highest BCUT2D eigenvalue weighted by atomic mass is 15.1. The first kappa shape index (κ1) is 27.9. The number of nitrogens with zero attached hydrogens (tertiary/aromatic N) is 2. The summed E-state index contributed by atoms with van der Waals surface area (Å²) in [7, 11) is 0. The van der Waals surface area contributed by atoms with Crippen molar-refractivity contribution in [3.05, 3.63) is 194 Å². The van der Waals surface area contributed by atoms with Crippen LogP contribution in [0.25, 0.3) is 60.5 Å². The van der Waals surface area contributed by atoms with E-state index in [0.717, 1.165) is 17.1 Å². The molecule has 0 aliphatic rings. The lowest BCUT2D eigenvalue weighted by atomic mass is 9.93. The van der Waals surface area contributed by atoms with Crippen molar-refractivity contribution in [3.63, 3.8) is 0 Å². The Bertz CT molecular complexity index is 2530. The van der Waals surface area contributed by atoms with Crippen molar-refractivity contribution in [3.8, 4) is 27.9 Å².